The van der Waals surface area contributed by atoms with E-state index in [4.69, 9.17) is 5.73 Å². The largest absolute Gasteiger partial charge is 0.345 e. The van der Waals surface area contributed by atoms with Gasteiger partial charge in [0.15, 0.2) is 5.13 Å². The number of carbonyl (C=O) groups excluding carboxylic acids is 1. The fourth-order valence-electron chi connectivity index (χ4n) is 2.27. The summed E-state index contributed by atoms with van der Waals surface area (Å²) in [6, 6.07) is -0.335. The Balaban J connectivity index is 1.87. The van der Waals surface area contributed by atoms with Crippen molar-refractivity contribution in [2.24, 2.45) is 5.73 Å². The maximum Gasteiger partial charge on any atom is 0.239 e. The van der Waals surface area contributed by atoms with E-state index in [-0.39, 0.29) is 11.9 Å². The van der Waals surface area contributed by atoms with Crippen molar-refractivity contribution in [1.29, 1.82) is 0 Å². The Morgan fingerprint density at radius 1 is 1.47 bits per heavy atom. The molecule has 0 aromatic carbocycles. The molecule has 1 aromatic rings. The normalized spacial score (nSPS) is 17.6. The lowest BCUT2D eigenvalue weighted by atomic mass is 10.1. The Kier molecular flexibility index (Phi) is 4.76. The molecule has 1 amide bonds. The van der Waals surface area contributed by atoms with Crippen LogP contribution in [0.5, 0.6) is 0 Å². The summed E-state index contributed by atoms with van der Waals surface area (Å²) in [4.78, 5) is 20.7. The molecule has 0 bridgehead atoms. The van der Waals surface area contributed by atoms with Crippen LogP contribution in [0.15, 0.2) is 5.38 Å². The third-order valence-electron chi connectivity index (χ3n) is 3.39. The number of anilines is 1. The van der Waals surface area contributed by atoms with Gasteiger partial charge in [0.2, 0.25) is 5.91 Å². The molecule has 1 atom stereocenters. The van der Waals surface area contributed by atoms with Gasteiger partial charge in [0.1, 0.15) is 0 Å². The van der Waals surface area contributed by atoms with Gasteiger partial charge >= 0.3 is 0 Å². The first-order chi connectivity index (χ1) is 9.11. The highest BCUT2D eigenvalue weighted by atomic mass is 32.1. The van der Waals surface area contributed by atoms with Crippen LogP contribution in [0.3, 0.4) is 0 Å². The SMILES string of the molecule is CCCC(N)C(=O)N1CCN(c2nc(C)cs2)CC1. The van der Waals surface area contributed by atoms with Crippen LogP contribution in [-0.4, -0.2) is 48.0 Å². The minimum Gasteiger partial charge on any atom is -0.345 e. The molecule has 0 saturated carbocycles. The summed E-state index contributed by atoms with van der Waals surface area (Å²) in [6.07, 6.45) is 1.72. The molecule has 19 heavy (non-hydrogen) atoms. The number of piperazine rings is 1. The number of rotatable bonds is 4. The number of hydrogen-bond acceptors (Lipinski definition) is 5. The monoisotopic (exact) mass is 282 g/mol. The van der Waals surface area contributed by atoms with Gasteiger partial charge in [0, 0.05) is 31.6 Å². The maximum atomic E-state index is 12.1. The highest BCUT2D eigenvalue weighted by Gasteiger charge is 2.25. The Labute approximate surface area is 118 Å². The second-order valence-electron chi connectivity index (χ2n) is 4.98. The van der Waals surface area contributed by atoms with E-state index in [9.17, 15) is 4.79 Å². The lowest BCUT2D eigenvalue weighted by molar-refractivity contribution is -0.133. The van der Waals surface area contributed by atoms with E-state index in [0.717, 1.165) is 49.8 Å². The number of carbonyl (C=O) groups is 1. The van der Waals surface area contributed by atoms with Crippen molar-refractivity contribution >= 4 is 22.4 Å². The van der Waals surface area contributed by atoms with Gasteiger partial charge in [-0.25, -0.2) is 4.98 Å². The van der Waals surface area contributed by atoms with Crippen LogP contribution in [0.2, 0.25) is 0 Å². The molecule has 5 nitrogen and oxygen atoms in total. The number of aromatic nitrogens is 1. The van der Waals surface area contributed by atoms with Crippen LogP contribution in [0.25, 0.3) is 0 Å². The molecular weight excluding hydrogens is 260 g/mol. The average molecular weight is 282 g/mol. The van der Waals surface area contributed by atoms with E-state index in [1.807, 2.05) is 11.8 Å². The first-order valence-corrected chi connectivity index (χ1v) is 7.71. The topological polar surface area (TPSA) is 62.5 Å². The van der Waals surface area contributed by atoms with Crippen LogP contribution in [0.1, 0.15) is 25.5 Å². The van der Waals surface area contributed by atoms with Gasteiger partial charge < -0.3 is 15.5 Å². The highest BCUT2D eigenvalue weighted by molar-refractivity contribution is 7.13. The summed E-state index contributed by atoms with van der Waals surface area (Å²) < 4.78 is 0. The second kappa shape index (κ2) is 6.34. The zero-order chi connectivity index (χ0) is 13.8. The van der Waals surface area contributed by atoms with Crippen molar-refractivity contribution in [3.63, 3.8) is 0 Å². The summed E-state index contributed by atoms with van der Waals surface area (Å²) >= 11 is 1.67. The molecule has 0 spiro atoms. The molecule has 1 aliphatic heterocycles. The number of aryl methyl sites for hydroxylation is 1. The first kappa shape index (κ1) is 14.3. The van der Waals surface area contributed by atoms with Gasteiger partial charge in [-0.15, -0.1) is 11.3 Å². The molecular formula is C13H22N4OS. The van der Waals surface area contributed by atoms with E-state index in [0.29, 0.717) is 0 Å². The Morgan fingerprint density at radius 2 is 2.16 bits per heavy atom. The third kappa shape index (κ3) is 3.45. The summed E-state index contributed by atoms with van der Waals surface area (Å²) in [5.74, 6) is 0.0943. The smallest absolute Gasteiger partial charge is 0.239 e. The Hall–Kier alpha value is -1.14. The van der Waals surface area contributed by atoms with E-state index in [2.05, 4.69) is 22.2 Å². The van der Waals surface area contributed by atoms with Gasteiger partial charge in [-0.05, 0) is 13.3 Å². The summed E-state index contributed by atoms with van der Waals surface area (Å²) in [5.41, 5.74) is 6.95. The fraction of sp³-hybridized carbons (Fsp3) is 0.692. The molecule has 0 radical (unpaired) electrons. The number of thiazole rings is 1. The second-order valence-corrected chi connectivity index (χ2v) is 5.82. The van der Waals surface area contributed by atoms with Crippen LogP contribution in [-0.2, 0) is 4.79 Å². The van der Waals surface area contributed by atoms with Gasteiger partial charge in [-0.3, -0.25) is 4.79 Å². The number of nitrogens with two attached hydrogens (primary N) is 1. The molecule has 2 N–H and O–H groups in total. The molecule has 1 unspecified atom stereocenters. The molecule has 106 valence electrons. The lowest BCUT2D eigenvalue weighted by Crippen LogP contribution is -2.53. The van der Waals surface area contributed by atoms with E-state index in [1.165, 1.54) is 0 Å². The van der Waals surface area contributed by atoms with Crippen molar-refractivity contribution in [3.05, 3.63) is 11.1 Å². The average Bonchev–Trinajstić information content (AvgIpc) is 2.85. The van der Waals surface area contributed by atoms with Gasteiger partial charge in [0.05, 0.1) is 11.7 Å². The third-order valence-corrected chi connectivity index (χ3v) is 4.40. The summed E-state index contributed by atoms with van der Waals surface area (Å²) in [5, 5.41) is 3.12. The van der Waals surface area contributed by atoms with Crippen LogP contribution >= 0.6 is 11.3 Å². The molecule has 1 saturated heterocycles. The molecule has 2 heterocycles. The number of amides is 1. The lowest BCUT2D eigenvalue weighted by Gasteiger charge is -2.35. The van der Waals surface area contributed by atoms with E-state index >= 15 is 0 Å². The predicted molar refractivity (Wildman–Crippen MR) is 78.5 cm³/mol. The zero-order valence-corrected chi connectivity index (χ0v) is 12.4. The molecule has 1 fully saturated rings. The van der Waals surface area contributed by atoms with Crippen LogP contribution in [0.4, 0.5) is 5.13 Å². The molecule has 0 aliphatic carbocycles. The van der Waals surface area contributed by atoms with E-state index in [1.54, 1.807) is 11.3 Å². The van der Waals surface area contributed by atoms with Crippen molar-refractivity contribution in [3.8, 4) is 0 Å². The van der Waals surface area contributed by atoms with Crippen LogP contribution < -0.4 is 10.6 Å². The fourth-order valence-corrected chi connectivity index (χ4v) is 3.13. The molecule has 1 aromatic heterocycles. The summed E-state index contributed by atoms with van der Waals surface area (Å²) in [7, 11) is 0. The Bertz CT molecular complexity index is 426. The van der Waals surface area contributed by atoms with Crippen molar-refractivity contribution in [1.82, 2.24) is 9.88 Å². The van der Waals surface area contributed by atoms with E-state index < -0.39 is 0 Å². The predicted octanol–water partition coefficient (Wildman–Crippen LogP) is 1.23. The highest BCUT2D eigenvalue weighted by Crippen LogP contribution is 2.21. The quantitative estimate of drug-likeness (QED) is 0.902. The minimum atomic E-state index is -0.335. The van der Waals surface area contributed by atoms with Crippen molar-refractivity contribution < 1.29 is 4.79 Å². The minimum absolute atomic E-state index is 0.0943. The van der Waals surface area contributed by atoms with Gasteiger partial charge in [0.25, 0.3) is 0 Å². The molecule has 2 rings (SSSR count). The van der Waals surface area contributed by atoms with Crippen LogP contribution in [0, 0.1) is 6.92 Å². The number of nitrogens with zero attached hydrogens (tertiary/aromatic N) is 3. The molecule has 1 aliphatic rings. The Morgan fingerprint density at radius 3 is 2.68 bits per heavy atom. The van der Waals surface area contributed by atoms with Crippen molar-refractivity contribution in [2.75, 3.05) is 31.1 Å². The molecule has 6 heteroatoms. The first-order valence-electron chi connectivity index (χ1n) is 6.83. The zero-order valence-electron chi connectivity index (χ0n) is 11.6. The maximum absolute atomic E-state index is 12.1. The van der Waals surface area contributed by atoms with Crippen molar-refractivity contribution in [2.45, 2.75) is 32.7 Å². The van der Waals surface area contributed by atoms with Gasteiger partial charge in [-0.1, -0.05) is 13.3 Å². The summed E-state index contributed by atoms with van der Waals surface area (Å²) in [6.45, 7) is 7.23. The number of hydrogen-bond donors (Lipinski definition) is 1. The van der Waals surface area contributed by atoms with Gasteiger partial charge in [-0.2, -0.15) is 0 Å². The standard InChI is InChI=1S/C13H22N4OS/c1-3-4-11(14)12(18)16-5-7-17(8-6-16)13-15-10(2)9-19-13/h9,11H,3-8,14H2,1-2H3.